The first kappa shape index (κ1) is 13.1. The molecule has 2 aromatic rings. The molecule has 0 saturated carbocycles. The van der Waals surface area contributed by atoms with Gasteiger partial charge in [0.2, 0.25) is 0 Å². The lowest BCUT2D eigenvalue weighted by molar-refractivity contribution is 0.250. The van der Waals surface area contributed by atoms with E-state index in [1.54, 1.807) is 17.8 Å². The molecule has 0 spiro atoms. The molecule has 0 aliphatic heterocycles. The van der Waals surface area contributed by atoms with Gasteiger partial charge in [-0.2, -0.15) is 11.8 Å². The van der Waals surface area contributed by atoms with Crippen LogP contribution in [0.3, 0.4) is 0 Å². The molecule has 0 bridgehead atoms. The topological polar surface area (TPSA) is 66.0 Å². The van der Waals surface area contributed by atoms with Crippen LogP contribution in [0.5, 0.6) is 0 Å². The summed E-state index contributed by atoms with van der Waals surface area (Å²) in [6, 6.07) is 7.32. The van der Waals surface area contributed by atoms with Crippen LogP contribution in [0.25, 0.3) is 10.9 Å². The molecule has 0 radical (unpaired) electrons. The van der Waals surface area contributed by atoms with Crippen LogP contribution in [0.1, 0.15) is 12.7 Å². The van der Waals surface area contributed by atoms with Crippen molar-refractivity contribution < 1.29 is 5.11 Å². The minimum absolute atomic E-state index is 0.0913. The fourth-order valence-corrected chi connectivity index (χ4v) is 2.57. The van der Waals surface area contributed by atoms with Crippen molar-refractivity contribution in [1.29, 1.82) is 0 Å². The van der Waals surface area contributed by atoms with E-state index in [-0.39, 0.29) is 18.1 Å². The van der Waals surface area contributed by atoms with E-state index in [0.717, 1.165) is 11.3 Å². The second kappa shape index (κ2) is 6.02. The molecule has 0 fully saturated rings. The molecule has 1 aromatic heterocycles. The molecule has 1 aromatic carbocycles. The van der Waals surface area contributed by atoms with Gasteiger partial charge in [0.1, 0.15) is 5.82 Å². The third kappa shape index (κ3) is 3.11. The normalized spacial score (nSPS) is 12.8. The maximum absolute atomic E-state index is 11.8. The first-order chi connectivity index (χ1) is 8.70. The second-order valence-corrected chi connectivity index (χ2v) is 5.36. The van der Waals surface area contributed by atoms with Gasteiger partial charge in [-0.25, -0.2) is 4.98 Å². The second-order valence-electron chi connectivity index (χ2n) is 4.33. The minimum atomic E-state index is -0.0913. The van der Waals surface area contributed by atoms with Gasteiger partial charge in [-0.3, -0.25) is 4.79 Å². The monoisotopic (exact) mass is 264 g/mol. The van der Waals surface area contributed by atoms with E-state index in [4.69, 9.17) is 5.11 Å². The van der Waals surface area contributed by atoms with Gasteiger partial charge in [-0.15, -0.1) is 0 Å². The fourth-order valence-electron chi connectivity index (χ4n) is 1.61. The number of aliphatic hydroxyl groups is 1. The number of aromatic amines is 1. The smallest absolute Gasteiger partial charge is 0.258 e. The number of aliphatic hydroxyl groups excluding tert-OH is 1. The van der Waals surface area contributed by atoms with E-state index in [1.807, 2.05) is 25.1 Å². The van der Waals surface area contributed by atoms with Gasteiger partial charge in [0.25, 0.3) is 5.56 Å². The van der Waals surface area contributed by atoms with Gasteiger partial charge in [0, 0.05) is 6.61 Å². The summed E-state index contributed by atoms with van der Waals surface area (Å²) in [5, 5.41) is 9.55. The minimum Gasteiger partial charge on any atom is -0.396 e. The third-order valence-corrected chi connectivity index (χ3v) is 3.90. The average Bonchev–Trinajstić information content (AvgIpc) is 2.38. The Morgan fingerprint density at radius 1 is 1.44 bits per heavy atom. The number of rotatable bonds is 5. The van der Waals surface area contributed by atoms with Crippen LogP contribution < -0.4 is 5.56 Å². The number of H-pyrrole nitrogens is 1. The van der Waals surface area contributed by atoms with Crippen molar-refractivity contribution in [3.63, 3.8) is 0 Å². The Morgan fingerprint density at radius 3 is 3.00 bits per heavy atom. The van der Waals surface area contributed by atoms with Crippen molar-refractivity contribution in [2.75, 3.05) is 12.4 Å². The van der Waals surface area contributed by atoms with E-state index in [1.165, 1.54) is 0 Å². The number of nitrogens with zero attached hydrogens (tertiary/aromatic N) is 1. The van der Waals surface area contributed by atoms with E-state index in [9.17, 15) is 4.79 Å². The lowest BCUT2D eigenvalue weighted by atomic mass is 10.2. The zero-order valence-electron chi connectivity index (χ0n) is 10.2. The molecular weight excluding hydrogens is 248 g/mol. The number of fused-ring (bicyclic) bond motifs is 1. The molecule has 4 nitrogen and oxygen atoms in total. The molecule has 1 heterocycles. The van der Waals surface area contributed by atoms with Crippen molar-refractivity contribution >= 4 is 22.7 Å². The van der Waals surface area contributed by atoms with Crippen LogP contribution in [0, 0.1) is 5.92 Å². The van der Waals surface area contributed by atoms with Crippen LogP contribution in [0.2, 0.25) is 0 Å². The Morgan fingerprint density at radius 2 is 2.22 bits per heavy atom. The quantitative estimate of drug-likeness (QED) is 0.864. The number of thioether (sulfide) groups is 1. The first-order valence-corrected chi connectivity index (χ1v) is 7.02. The molecule has 0 aliphatic rings. The van der Waals surface area contributed by atoms with Gasteiger partial charge in [0.15, 0.2) is 0 Å². The van der Waals surface area contributed by atoms with Gasteiger partial charge in [-0.05, 0) is 23.8 Å². The highest BCUT2D eigenvalue weighted by Gasteiger charge is 2.05. The molecule has 0 amide bonds. The zero-order chi connectivity index (χ0) is 13.0. The number of benzene rings is 1. The number of hydrogen-bond donors (Lipinski definition) is 2. The highest BCUT2D eigenvalue weighted by molar-refractivity contribution is 7.98. The number of aromatic nitrogens is 2. The molecular formula is C13H16N2O2S. The largest absolute Gasteiger partial charge is 0.396 e. The van der Waals surface area contributed by atoms with Crippen molar-refractivity contribution in [3.05, 3.63) is 40.4 Å². The standard InChI is InChI=1S/C13H16N2O2S/c1-9(6-16)7-18-8-12-14-11-5-3-2-4-10(11)13(17)15-12/h2-5,9,16H,6-8H2,1H3,(H,14,15,17). The lowest BCUT2D eigenvalue weighted by Crippen LogP contribution is -2.11. The Kier molecular flexibility index (Phi) is 4.38. The van der Waals surface area contributed by atoms with Crippen LogP contribution >= 0.6 is 11.8 Å². The summed E-state index contributed by atoms with van der Waals surface area (Å²) >= 11 is 1.66. The molecule has 1 atom stereocenters. The summed E-state index contributed by atoms with van der Waals surface area (Å²) in [5.74, 6) is 2.47. The number of para-hydroxylation sites is 1. The molecule has 2 rings (SSSR count). The molecule has 96 valence electrons. The van der Waals surface area contributed by atoms with Crippen LogP contribution in [0.4, 0.5) is 0 Å². The Labute approximate surface area is 109 Å². The lowest BCUT2D eigenvalue weighted by Gasteiger charge is -2.07. The van der Waals surface area contributed by atoms with Crippen LogP contribution in [0.15, 0.2) is 29.1 Å². The predicted octanol–water partition coefficient (Wildman–Crippen LogP) is 1.78. The Hall–Kier alpha value is -1.33. The van der Waals surface area contributed by atoms with Gasteiger partial charge >= 0.3 is 0 Å². The maximum atomic E-state index is 11.8. The fraction of sp³-hybridized carbons (Fsp3) is 0.385. The highest BCUT2D eigenvalue weighted by Crippen LogP contribution is 2.13. The molecule has 1 unspecified atom stereocenters. The molecule has 0 saturated heterocycles. The molecule has 2 N–H and O–H groups in total. The van der Waals surface area contributed by atoms with E-state index in [2.05, 4.69) is 9.97 Å². The number of hydrogen-bond acceptors (Lipinski definition) is 4. The van der Waals surface area contributed by atoms with Gasteiger partial charge < -0.3 is 10.1 Å². The zero-order valence-corrected chi connectivity index (χ0v) is 11.0. The predicted molar refractivity (Wildman–Crippen MR) is 74.8 cm³/mol. The summed E-state index contributed by atoms with van der Waals surface area (Å²) in [5.41, 5.74) is 0.637. The van der Waals surface area contributed by atoms with Crippen molar-refractivity contribution in [2.45, 2.75) is 12.7 Å². The summed E-state index contributed by atoms with van der Waals surface area (Å²) < 4.78 is 0. The molecule has 18 heavy (non-hydrogen) atoms. The first-order valence-electron chi connectivity index (χ1n) is 5.87. The van der Waals surface area contributed by atoms with E-state index >= 15 is 0 Å². The van der Waals surface area contributed by atoms with Crippen LogP contribution in [-0.4, -0.2) is 27.4 Å². The van der Waals surface area contributed by atoms with Crippen molar-refractivity contribution in [3.8, 4) is 0 Å². The summed E-state index contributed by atoms with van der Waals surface area (Å²) in [6.07, 6.45) is 0. The molecule has 5 heteroatoms. The SMILES string of the molecule is CC(CO)CSCc1nc2ccccc2c(=O)[nH]1. The average molecular weight is 264 g/mol. The Bertz CT molecular complexity index is 582. The summed E-state index contributed by atoms with van der Waals surface area (Å²) in [7, 11) is 0. The summed E-state index contributed by atoms with van der Waals surface area (Å²) in [4.78, 5) is 19.0. The van der Waals surface area contributed by atoms with Crippen LogP contribution in [-0.2, 0) is 5.75 Å². The summed E-state index contributed by atoms with van der Waals surface area (Å²) in [6.45, 7) is 2.18. The highest BCUT2D eigenvalue weighted by atomic mass is 32.2. The Balaban J connectivity index is 2.12. The van der Waals surface area contributed by atoms with E-state index in [0.29, 0.717) is 17.0 Å². The van der Waals surface area contributed by atoms with Crippen molar-refractivity contribution in [2.24, 2.45) is 5.92 Å². The van der Waals surface area contributed by atoms with Gasteiger partial charge in [-0.1, -0.05) is 19.1 Å². The van der Waals surface area contributed by atoms with Gasteiger partial charge in [0.05, 0.1) is 16.7 Å². The molecule has 0 aliphatic carbocycles. The number of nitrogens with one attached hydrogen (secondary N) is 1. The van der Waals surface area contributed by atoms with Crippen molar-refractivity contribution in [1.82, 2.24) is 9.97 Å². The van der Waals surface area contributed by atoms with E-state index < -0.39 is 0 Å². The third-order valence-electron chi connectivity index (χ3n) is 2.61. The maximum Gasteiger partial charge on any atom is 0.258 e.